The summed E-state index contributed by atoms with van der Waals surface area (Å²) in [6, 6.07) is 0.286. The standard InChI is InChI=1S/C13H29N3O/c1-5-11(6-2)9-15-12(8-14)7-13(17)16-10(3)4/h10-12,15H,5-9,14H2,1-4H3,(H,16,17). The van der Waals surface area contributed by atoms with Gasteiger partial charge >= 0.3 is 0 Å². The summed E-state index contributed by atoms with van der Waals surface area (Å²) >= 11 is 0. The van der Waals surface area contributed by atoms with Crippen LogP contribution >= 0.6 is 0 Å². The first-order valence-electron chi connectivity index (χ1n) is 6.76. The second-order valence-corrected chi connectivity index (χ2v) is 4.95. The van der Waals surface area contributed by atoms with E-state index in [1.165, 1.54) is 12.8 Å². The normalized spacial score (nSPS) is 13.1. The molecule has 0 radical (unpaired) electrons. The molecule has 0 saturated heterocycles. The summed E-state index contributed by atoms with van der Waals surface area (Å²) in [4.78, 5) is 11.6. The highest BCUT2D eigenvalue weighted by Gasteiger charge is 2.13. The van der Waals surface area contributed by atoms with Gasteiger partial charge in [-0.25, -0.2) is 0 Å². The number of amides is 1. The molecule has 0 aromatic heterocycles. The van der Waals surface area contributed by atoms with Crippen LogP contribution in [-0.2, 0) is 4.79 Å². The maximum Gasteiger partial charge on any atom is 0.221 e. The summed E-state index contributed by atoms with van der Waals surface area (Å²) in [6.07, 6.45) is 2.80. The summed E-state index contributed by atoms with van der Waals surface area (Å²) in [5.74, 6) is 0.754. The maximum atomic E-state index is 11.6. The molecule has 0 aliphatic carbocycles. The molecule has 4 N–H and O–H groups in total. The van der Waals surface area contributed by atoms with Crippen LogP contribution in [0.3, 0.4) is 0 Å². The minimum absolute atomic E-state index is 0.0764. The number of hydrogen-bond acceptors (Lipinski definition) is 3. The Morgan fingerprint density at radius 2 is 1.82 bits per heavy atom. The lowest BCUT2D eigenvalue weighted by Crippen LogP contribution is -2.43. The molecule has 0 rings (SSSR count). The lowest BCUT2D eigenvalue weighted by molar-refractivity contribution is -0.122. The minimum atomic E-state index is 0.0764. The third-order valence-corrected chi connectivity index (χ3v) is 3.02. The van der Waals surface area contributed by atoms with E-state index in [2.05, 4.69) is 24.5 Å². The van der Waals surface area contributed by atoms with Gasteiger partial charge in [0.1, 0.15) is 0 Å². The topological polar surface area (TPSA) is 67.1 Å². The van der Waals surface area contributed by atoms with Crippen LogP contribution in [-0.4, -0.2) is 31.1 Å². The number of carbonyl (C=O) groups is 1. The predicted octanol–water partition coefficient (Wildman–Crippen LogP) is 1.25. The molecule has 0 spiro atoms. The van der Waals surface area contributed by atoms with Gasteiger partial charge in [-0.3, -0.25) is 4.79 Å². The van der Waals surface area contributed by atoms with Gasteiger partial charge in [0.05, 0.1) is 0 Å². The van der Waals surface area contributed by atoms with E-state index < -0.39 is 0 Å². The van der Waals surface area contributed by atoms with E-state index in [1.54, 1.807) is 0 Å². The van der Waals surface area contributed by atoms with E-state index in [0.29, 0.717) is 18.9 Å². The zero-order valence-electron chi connectivity index (χ0n) is 11.8. The van der Waals surface area contributed by atoms with Gasteiger partial charge in [-0.2, -0.15) is 0 Å². The van der Waals surface area contributed by atoms with Gasteiger partial charge < -0.3 is 16.4 Å². The molecule has 102 valence electrons. The van der Waals surface area contributed by atoms with Crippen LogP contribution in [0.1, 0.15) is 47.0 Å². The fourth-order valence-electron chi connectivity index (χ4n) is 1.75. The molecule has 4 heteroatoms. The summed E-state index contributed by atoms with van der Waals surface area (Å²) < 4.78 is 0. The molecule has 1 atom stereocenters. The Labute approximate surface area is 106 Å². The smallest absolute Gasteiger partial charge is 0.221 e. The molecule has 0 aliphatic heterocycles. The Kier molecular flexibility index (Phi) is 9.09. The highest BCUT2D eigenvalue weighted by atomic mass is 16.1. The fourth-order valence-corrected chi connectivity index (χ4v) is 1.75. The highest BCUT2D eigenvalue weighted by Crippen LogP contribution is 2.06. The second kappa shape index (κ2) is 9.42. The number of nitrogens with one attached hydrogen (secondary N) is 2. The van der Waals surface area contributed by atoms with Crippen molar-refractivity contribution in [2.75, 3.05) is 13.1 Å². The molecular weight excluding hydrogens is 214 g/mol. The van der Waals surface area contributed by atoms with E-state index in [0.717, 1.165) is 6.54 Å². The lowest BCUT2D eigenvalue weighted by Gasteiger charge is -2.20. The molecular formula is C13H29N3O. The van der Waals surface area contributed by atoms with Gasteiger partial charge in [0, 0.05) is 25.0 Å². The van der Waals surface area contributed by atoms with Crippen molar-refractivity contribution in [3.05, 3.63) is 0 Å². The first kappa shape index (κ1) is 16.4. The van der Waals surface area contributed by atoms with Crippen molar-refractivity contribution in [2.45, 2.75) is 59.0 Å². The maximum absolute atomic E-state index is 11.6. The SMILES string of the molecule is CCC(CC)CNC(CN)CC(=O)NC(C)C. The quantitative estimate of drug-likeness (QED) is 0.571. The predicted molar refractivity (Wildman–Crippen MR) is 72.8 cm³/mol. The Hall–Kier alpha value is -0.610. The molecule has 0 fully saturated rings. The van der Waals surface area contributed by atoms with E-state index in [9.17, 15) is 4.79 Å². The van der Waals surface area contributed by atoms with Crippen LogP contribution in [0.5, 0.6) is 0 Å². The van der Waals surface area contributed by atoms with Crippen molar-refractivity contribution in [3.8, 4) is 0 Å². The largest absolute Gasteiger partial charge is 0.354 e. The zero-order chi connectivity index (χ0) is 13.3. The molecule has 0 heterocycles. The Balaban J connectivity index is 3.94. The van der Waals surface area contributed by atoms with Crippen molar-refractivity contribution in [3.63, 3.8) is 0 Å². The average molecular weight is 243 g/mol. The molecule has 0 saturated carbocycles. The number of carbonyl (C=O) groups excluding carboxylic acids is 1. The van der Waals surface area contributed by atoms with Crippen molar-refractivity contribution in [1.82, 2.24) is 10.6 Å². The van der Waals surface area contributed by atoms with Crippen LogP contribution in [0.15, 0.2) is 0 Å². The highest BCUT2D eigenvalue weighted by molar-refractivity contribution is 5.76. The molecule has 1 unspecified atom stereocenters. The van der Waals surface area contributed by atoms with Crippen molar-refractivity contribution >= 4 is 5.91 Å². The van der Waals surface area contributed by atoms with E-state index >= 15 is 0 Å². The third kappa shape index (κ3) is 8.16. The number of rotatable bonds is 9. The van der Waals surface area contributed by atoms with E-state index in [1.807, 2.05) is 13.8 Å². The third-order valence-electron chi connectivity index (χ3n) is 3.02. The molecule has 1 amide bonds. The molecule has 0 aliphatic rings. The molecule has 0 aromatic carbocycles. The molecule has 0 aromatic rings. The van der Waals surface area contributed by atoms with Crippen LogP contribution in [0.2, 0.25) is 0 Å². The second-order valence-electron chi connectivity index (χ2n) is 4.95. The van der Waals surface area contributed by atoms with Crippen molar-refractivity contribution in [2.24, 2.45) is 11.7 Å². The molecule has 0 bridgehead atoms. The van der Waals surface area contributed by atoms with Gasteiger partial charge in [-0.1, -0.05) is 26.7 Å². The average Bonchev–Trinajstić information content (AvgIpc) is 2.27. The Bertz CT molecular complexity index is 203. The monoisotopic (exact) mass is 243 g/mol. The van der Waals surface area contributed by atoms with Crippen molar-refractivity contribution in [1.29, 1.82) is 0 Å². The fraction of sp³-hybridized carbons (Fsp3) is 0.923. The number of hydrogen-bond donors (Lipinski definition) is 3. The van der Waals surface area contributed by atoms with Crippen LogP contribution in [0, 0.1) is 5.92 Å². The van der Waals surface area contributed by atoms with E-state index in [-0.39, 0.29) is 18.0 Å². The van der Waals surface area contributed by atoms with Gasteiger partial charge in [-0.15, -0.1) is 0 Å². The molecule has 4 nitrogen and oxygen atoms in total. The minimum Gasteiger partial charge on any atom is -0.354 e. The summed E-state index contributed by atoms with van der Waals surface area (Å²) in [5, 5.41) is 6.28. The van der Waals surface area contributed by atoms with Crippen LogP contribution < -0.4 is 16.4 Å². The number of nitrogens with two attached hydrogens (primary N) is 1. The van der Waals surface area contributed by atoms with Crippen LogP contribution in [0.25, 0.3) is 0 Å². The van der Waals surface area contributed by atoms with Gasteiger partial charge in [0.25, 0.3) is 0 Å². The van der Waals surface area contributed by atoms with Crippen molar-refractivity contribution < 1.29 is 4.79 Å². The zero-order valence-corrected chi connectivity index (χ0v) is 11.8. The first-order valence-corrected chi connectivity index (χ1v) is 6.76. The molecule has 17 heavy (non-hydrogen) atoms. The Morgan fingerprint density at radius 3 is 2.24 bits per heavy atom. The Morgan fingerprint density at radius 1 is 1.24 bits per heavy atom. The summed E-state index contributed by atoms with van der Waals surface area (Å²) in [6.45, 7) is 9.77. The lowest BCUT2D eigenvalue weighted by atomic mass is 10.0. The van der Waals surface area contributed by atoms with Gasteiger partial charge in [-0.05, 0) is 26.3 Å². The van der Waals surface area contributed by atoms with Gasteiger partial charge in [0.2, 0.25) is 5.91 Å². The summed E-state index contributed by atoms with van der Waals surface area (Å²) in [5.41, 5.74) is 5.68. The van der Waals surface area contributed by atoms with Crippen LogP contribution in [0.4, 0.5) is 0 Å². The summed E-state index contributed by atoms with van der Waals surface area (Å²) in [7, 11) is 0. The van der Waals surface area contributed by atoms with E-state index in [4.69, 9.17) is 5.73 Å². The van der Waals surface area contributed by atoms with Gasteiger partial charge in [0.15, 0.2) is 0 Å². The first-order chi connectivity index (χ1) is 8.03.